The monoisotopic (exact) mass is 1190 g/mol. The molecular weight excluding hydrogens is 1120 g/mol. The van der Waals surface area contributed by atoms with Crippen LogP contribution in [0.1, 0.15) is 128 Å². The number of ether oxygens (including phenoxy) is 1. The van der Waals surface area contributed by atoms with Crippen LogP contribution in [0.4, 0.5) is 22.7 Å². The summed E-state index contributed by atoms with van der Waals surface area (Å²) in [6.07, 6.45) is 1.91. The number of hydrogen-bond donors (Lipinski definition) is 0. The van der Waals surface area contributed by atoms with E-state index in [-0.39, 0.29) is 48.1 Å². The first kappa shape index (κ1) is 53.2. The number of pyridine rings is 1. The fraction of sp³-hybridized carbons (Fsp3) is 0.239. The maximum absolute atomic E-state index is 7.01. The van der Waals surface area contributed by atoms with Crippen LogP contribution in [0.3, 0.4) is 0 Å². The third-order valence-corrected chi connectivity index (χ3v) is 16.1. The molecular formula is C71H69N4OPt-3. The molecule has 0 saturated carbocycles. The quantitative estimate of drug-likeness (QED) is 0.121. The van der Waals surface area contributed by atoms with Crippen LogP contribution in [-0.4, -0.2) is 9.55 Å². The van der Waals surface area contributed by atoms with Gasteiger partial charge in [0.15, 0.2) is 0 Å². The molecule has 3 heterocycles. The minimum absolute atomic E-state index is 0. The maximum atomic E-state index is 7.01. The molecule has 0 spiro atoms. The summed E-state index contributed by atoms with van der Waals surface area (Å²) in [5.41, 5.74) is 14.8. The molecule has 0 unspecified atom stereocenters. The van der Waals surface area contributed by atoms with Gasteiger partial charge in [0.2, 0.25) is 0 Å². The second kappa shape index (κ2) is 20.0. The molecule has 10 aromatic rings. The van der Waals surface area contributed by atoms with Crippen molar-refractivity contribution in [1.29, 1.82) is 0 Å². The maximum Gasteiger partial charge on any atom is 0.135 e. The van der Waals surface area contributed by atoms with Crippen molar-refractivity contribution >= 4 is 44.6 Å². The van der Waals surface area contributed by atoms with Gasteiger partial charge in [-0.25, -0.2) is 4.98 Å². The summed E-state index contributed by atoms with van der Waals surface area (Å²) < 4.78 is 9.23. The second-order valence-corrected chi connectivity index (χ2v) is 24.4. The van der Waals surface area contributed by atoms with Crippen molar-refractivity contribution in [3.63, 3.8) is 0 Å². The molecule has 0 saturated heterocycles. The fourth-order valence-corrected chi connectivity index (χ4v) is 10.9. The second-order valence-electron chi connectivity index (χ2n) is 24.4. The number of anilines is 4. The van der Waals surface area contributed by atoms with E-state index < -0.39 is 0 Å². The largest absolute Gasteiger partial charge is 0.509 e. The Hall–Kier alpha value is -7.20. The van der Waals surface area contributed by atoms with E-state index in [0.717, 1.165) is 55.9 Å². The van der Waals surface area contributed by atoms with Crippen molar-refractivity contribution in [3.05, 3.63) is 258 Å². The summed E-state index contributed by atoms with van der Waals surface area (Å²) in [5, 5.41) is 2.22. The Kier molecular flexibility index (Phi) is 13.8. The Balaban J connectivity index is 0.00000672. The molecule has 0 fully saturated rings. The molecule has 1 aliphatic rings. The van der Waals surface area contributed by atoms with Gasteiger partial charge in [0.1, 0.15) is 5.82 Å². The van der Waals surface area contributed by atoms with E-state index in [1.165, 1.54) is 38.9 Å². The van der Waals surface area contributed by atoms with E-state index in [1.807, 2.05) is 12.3 Å². The first-order valence-electron chi connectivity index (χ1n) is 26.8. The Morgan fingerprint density at radius 3 is 1.56 bits per heavy atom. The van der Waals surface area contributed by atoms with Crippen molar-refractivity contribution in [3.8, 4) is 17.3 Å². The number of rotatable bonds is 11. The van der Waals surface area contributed by atoms with Gasteiger partial charge in [0.05, 0.1) is 0 Å². The van der Waals surface area contributed by atoms with E-state index in [4.69, 9.17) is 9.72 Å². The zero-order chi connectivity index (χ0) is 53.4. The molecule has 392 valence electrons. The molecule has 6 heteroatoms. The number of hydrogen-bond acceptors (Lipinski definition) is 4. The van der Waals surface area contributed by atoms with E-state index in [1.54, 1.807) is 0 Å². The van der Waals surface area contributed by atoms with Gasteiger partial charge in [-0.3, -0.25) is 0 Å². The van der Waals surface area contributed by atoms with Crippen molar-refractivity contribution in [2.75, 3.05) is 9.80 Å². The Bertz CT molecular complexity index is 3700. The molecule has 77 heavy (non-hydrogen) atoms. The van der Waals surface area contributed by atoms with Crippen molar-refractivity contribution < 1.29 is 25.8 Å². The van der Waals surface area contributed by atoms with Gasteiger partial charge in [0.25, 0.3) is 0 Å². The molecule has 0 atom stereocenters. The van der Waals surface area contributed by atoms with Gasteiger partial charge >= 0.3 is 0 Å². The minimum atomic E-state index is -0.299. The fourth-order valence-electron chi connectivity index (χ4n) is 10.9. The van der Waals surface area contributed by atoms with Crippen molar-refractivity contribution in [1.82, 2.24) is 9.55 Å². The zero-order valence-corrected chi connectivity index (χ0v) is 48.8. The molecule has 0 radical (unpaired) electrons. The van der Waals surface area contributed by atoms with Crippen LogP contribution in [-0.2, 0) is 48.1 Å². The Morgan fingerprint density at radius 2 is 0.974 bits per heavy atom. The summed E-state index contributed by atoms with van der Waals surface area (Å²) in [6, 6.07) is 75.8. The number of aromatic nitrogens is 2. The van der Waals surface area contributed by atoms with Gasteiger partial charge in [-0.1, -0.05) is 210 Å². The third-order valence-electron chi connectivity index (χ3n) is 16.1. The van der Waals surface area contributed by atoms with Crippen LogP contribution in [0, 0.1) is 18.8 Å². The number of benzene rings is 8. The van der Waals surface area contributed by atoms with Crippen LogP contribution in [0.15, 0.2) is 194 Å². The third kappa shape index (κ3) is 9.93. The van der Waals surface area contributed by atoms with Gasteiger partial charge < -0.3 is 19.1 Å². The molecule has 5 nitrogen and oxygen atoms in total. The summed E-state index contributed by atoms with van der Waals surface area (Å²) in [6.45, 7) is 29.8. The summed E-state index contributed by atoms with van der Waals surface area (Å²) in [4.78, 5) is 9.63. The minimum Gasteiger partial charge on any atom is -0.509 e. The van der Waals surface area contributed by atoms with Crippen molar-refractivity contribution in [2.45, 2.75) is 110 Å². The number of para-hydroxylation sites is 1. The Labute approximate surface area is 471 Å². The molecule has 8 aromatic carbocycles. The molecule has 1 aliphatic heterocycles. The molecule has 0 aliphatic carbocycles. The topological polar surface area (TPSA) is 33.5 Å². The normalized spacial score (nSPS) is 13.2. The Morgan fingerprint density at radius 1 is 0.416 bits per heavy atom. The van der Waals surface area contributed by atoms with Gasteiger partial charge in [0, 0.05) is 77.6 Å². The summed E-state index contributed by atoms with van der Waals surface area (Å²) >= 11 is 0. The van der Waals surface area contributed by atoms with E-state index >= 15 is 0 Å². The molecule has 2 aromatic heterocycles. The predicted molar refractivity (Wildman–Crippen MR) is 317 cm³/mol. The van der Waals surface area contributed by atoms with Crippen LogP contribution >= 0.6 is 0 Å². The van der Waals surface area contributed by atoms with Gasteiger partial charge in [-0.2, -0.15) is 6.07 Å². The SMILES string of the molecule is CC(C)(C)c1cc(Oc2[c-]c3c(cc2)c2ccccc2n3-c2cc(C(C)(C)C)ccn2)[c-]c(N2[CH-]N(c3cc(C(C)(C)c4ccccc4)cc(C(C)(C)c4ccccc4)c3)c3ccc(C(C)(C)c4ccccc4)cc32)c1.[Pt]. The number of nitrogens with zero attached hydrogens (tertiary/aromatic N) is 4. The van der Waals surface area contributed by atoms with Gasteiger partial charge in [-0.15, -0.1) is 53.6 Å². The van der Waals surface area contributed by atoms with E-state index in [0.29, 0.717) is 11.5 Å². The number of fused-ring (bicyclic) bond motifs is 4. The average Bonchev–Trinajstić information content (AvgIpc) is 4.00. The van der Waals surface area contributed by atoms with Crippen LogP contribution in [0.2, 0.25) is 0 Å². The van der Waals surface area contributed by atoms with Crippen LogP contribution in [0.25, 0.3) is 27.6 Å². The van der Waals surface area contributed by atoms with E-state index in [9.17, 15) is 0 Å². The average molecular weight is 1190 g/mol. The molecule has 11 rings (SSSR count). The molecule has 0 bridgehead atoms. The van der Waals surface area contributed by atoms with Crippen LogP contribution in [0.5, 0.6) is 11.5 Å². The predicted octanol–water partition coefficient (Wildman–Crippen LogP) is 18.6. The smallest absolute Gasteiger partial charge is 0.135 e. The van der Waals surface area contributed by atoms with Gasteiger partial charge in [-0.05, 0) is 97.6 Å². The first-order chi connectivity index (χ1) is 36.2. The molecule has 0 amide bonds. The standard InChI is InChI=1S/C71H69N4O.Pt/c1-67(2,3)51-36-37-72-66(44-51)75-62-31-23-22-30-60(62)61-34-33-58(46-64(61)75)76-59-42-53(68(4,5)6)39-57(45-59)74-47-73(63-35-32-52(43-65(63)74)69(7,8)48-24-16-13-17-25-48)56-40-54(70(9,10)49-26-18-14-19-27-49)38-55(41-56)71(11,12)50-28-20-15-21-29-50;/h13-44,47H,1-12H3;/q-3;. The van der Waals surface area contributed by atoms with Crippen molar-refractivity contribution in [2.24, 2.45) is 0 Å². The van der Waals surface area contributed by atoms with Crippen LogP contribution < -0.4 is 14.5 Å². The molecule has 0 N–H and O–H groups in total. The summed E-state index contributed by atoms with van der Waals surface area (Å²) in [5.74, 6) is 2.06. The van der Waals surface area contributed by atoms with E-state index in [2.05, 4.69) is 298 Å². The summed E-state index contributed by atoms with van der Waals surface area (Å²) in [7, 11) is 0. The first-order valence-corrected chi connectivity index (χ1v) is 26.8. The zero-order valence-electron chi connectivity index (χ0n) is 46.6.